The molecule has 1 amide bonds. The van der Waals surface area contributed by atoms with Crippen molar-refractivity contribution in [2.75, 3.05) is 10.8 Å². The van der Waals surface area contributed by atoms with Gasteiger partial charge in [-0.25, -0.2) is 18.2 Å². The molecule has 0 aliphatic rings. The fourth-order valence-corrected chi connectivity index (χ4v) is 4.95. The standard InChI is InChI=1S/C29H26FN3O4S/c1-22-10-14-26(15-11-22)33(38(35,36)28-16-12-25(30)13-17-28)20-29(34)32-31-19-24-8-5-9-27(18-24)37-21-23-6-3-2-4-7-23/h2-19H,20-21H2,1H3,(H,32,34)/b31-19-. The lowest BCUT2D eigenvalue weighted by molar-refractivity contribution is -0.119. The lowest BCUT2D eigenvalue weighted by atomic mass is 10.2. The summed E-state index contributed by atoms with van der Waals surface area (Å²) in [6, 6.07) is 28.1. The summed E-state index contributed by atoms with van der Waals surface area (Å²) in [5.41, 5.74) is 5.32. The van der Waals surface area contributed by atoms with Gasteiger partial charge in [-0.1, -0.05) is 60.2 Å². The monoisotopic (exact) mass is 531 g/mol. The number of halogens is 1. The number of nitrogens with zero attached hydrogens (tertiary/aromatic N) is 2. The number of ether oxygens (including phenoxy) is 1. The number of sulfonamides is 1. The number of aryl methyl sites for hydroxylation is 1. The summed E-state index contributed by atoms with van der Waals surface area (Å²) in [7, 11) is -4.15. The van der Waals surface area contributed by atoms with Crippen molar-refractivity contribution in [1.29, 1.82) is 0 Å². The Hall–Kier alpha value is -4.50. The van der Waals surface area contributed by atoms with Crippen molar-refractivity contribution >= 4 is 27.8 Å². The summed E-state index contributed by atoms with van der Waals surface area (Å²) >= 11 is 0. The van der Waals surface area contributed by atoms with E-state index in [1.54, 1.807) is 42.5 Å². The lowest BCUT2D eigenvalue weighted by Crippen LogP contribution is -2.39. The van der Waals surface area contributed by atoms with Crippen LogP contribution in [0.4, 0.5) is 10.1 Å². The van der Waals surface area contributed by atoms with Gasteiger partial charge in [-0.15, -0.1) is 0 Å². The zero-order valence-electron chi connectivity index (χ0n) is 20.6. The average molecular weight is 532 g/mol. The van der Waals surface area contributed by atoms with Crippen LogP contribution in [0.25, 0.3) is 0 Å². The highest BCUT2D eigenvalue weighted by atomic mass is 32.2. The number of hydrogen-bond donors (Lipinski definition) is 1. The number of carbonyl (C=O) groups excluding carboxylic acids is 1. The Morgan fingerprint density at radius 3 is 2.37 bits per heavy atom. The molecular formula is C29H26FN3O4S. The van der Waals surface area contributed by atoms with Gasteiger partial charge in [-0.2, -0.15) is 5.10 Å². The van der Waals surface area contributed by atoms with Crippen LogP contribution in [0.15, 0.2) is 113 Å². The number of rotatable bonds is 10. The molecule has 0 heterocycles. The lowest BCUT2D eigenvalue weighted by Gasteiger charge is -2.23. The summed E-state index contributed by atoms with van der Waals surface area (Å²) in [5.74, 6) is -0.573. The summed E-state index contributed by atoms with van der Waals surface area (Å²) in [6.45, 7) is 1.75. The highest BCUT2D eigenvalue weighted by Gasteiger charge is 2.27. The largest absolute Gasteiger partial charge is 0.489 e. The molecule has 0 saturated heterocycles. The molecule has 4 aromatic carbocycles. The molecule has 1 N–H and O–H groups in total. The van der Waals surface area contributed by atoms with Crippen molar-refractivity contribution in [2.24, 2.45) is 5.10 Å². The third kappa shape index (κ3) is 7.04. The fourth-order valence-electron chi connectivity index (χ4n) is 3.53. The smallest absolute Gasteiger partial charge is 0.264 e. The van der Waals surface area contributed by atoms with Crippen LogP contribution < -0.4 is 14.5 Å². The van der Waals surface area contributed by atoms with Gasteiger partial charge >= 0.3 is 0 Å². The van der Waals surface area contributed by atoms with E-state index in [9.17, 15) is 17.6 Å². The number of carbonyl (C=O) groups is 1. The molecule has 0 unspecified atom stereocenters. The van der Waals surface area contributed by atoms with Gasteiger partial charge in [0.05, 0.1) is 16.8 Å². The van der Waals surface area contributed by atoms with E-state index < -0.39 is 28.3 Å². The fraction of sp³-hybridized carbons (Fsp3) is 0.103. The number of anilines is 1. The van der Waals surface area contributed by atoms with Crippen LogP contribution in [0.5, 0.6) is 5.75 Å². The minimum atomic E-state index is -4.15. The van der Waals surface area contributed by atoms with Crippen molar-refractivity contribution in [3.05, 3.63) is 126 Å². The van der Waals surface area contributed by atoms with Gasteiger partial charge in [0.25, 0.3) is 15.9 Å². The maximum absolute atomic E-state index is 13.4. The molecule has 0 atom stereocenters. The molecule has 0 saturated carbocycles. The number of amides is 1. The molecule has 0 aliphatic carbocycles. The Morgan fingerprint density at radius 2 is 1.66 bits per heavy atom. The molecule has 0 aliphatic heterocycles. The molecule has 4 rings (SSSR count). The Morgan fingerprint density at radius 1 is 0.947 bits per heavy atom. The van der Waals surface area contributed by atoms with Crippen LogP contribution in [0.2, 0.25) is 0 Å². The minimum Gasteiger partial charge on any atom is -0.489 e. The molecule has 9 heteroatoms. The van der Waals surface area contributed by atoms with Crippen molar-refractivity contribution in [2.45, 2.75) is 18.4 Å². The van der Waals surface area contributed by atoms with Crippen molar-refractivity contribution < 1.29 is 22.3 Å². The van der Waals surface area contributed by atoms with Gasteiger partial charge in [0.1, 0.15) is 24.7 Å². The van der Waals surface area contributed by atoms with Gasteiger partial charge in [0, 0.05) is 0 Å². The number of benzene rings is 4. The zero-order chi connectivity index (χ0) is 27.0. The van der Waals surface area contributed by atoms with Crippen LogP contribution in [0, 0.1) is 12.7 Å². The molecule has 0 aromatic heterocycles. The second kappa shape index (κ2) is 12.2. The Labute approximate surface area is 221 Å². The van der Waals surface area contributed by atoms with Crippen molar-refractivity contribution in [1.82, 2.24) is 5.43 Å². The summed E-state index contributed by atoms with van der Waals surface area (Å²) < 4.78 is 46.8. The quantitative estimate of drug-likeness (QED) is 0.229. The number of hydrogen-bond acceptors (Lipinski definition) is 5. The highest BCUT2D eigenvalue weighted by Crippen LogP contribution is 2.24. The van der Waals surface area contributed by atoms with Crippen LogP contribution in [-0.4, -0.2) is 27.1 Å². The van der Waals surface area contributed by atoms with Crippen LogP contribution >= 0.6 is 0 Å². The summed E-state index contributed by atoms with van der Waals surface area (Å²) in [4.78, 5) is 12.6. The normalized spacial score (nSPS) is 11.3. The zero-order valence-corrected chi connectivity index (χ0v) is 21.4. The van der Waals surface area contributed by atoms with Gasteiger partial charge in [0.2, 0.25) is 0 Å². The molecule has 194 valence electrons. The maximum atomic E-state index is 13.4. The molecule has 38 heavy (non-hydrogen) atoms. The molecule has 0 radical (unpaired) electrons. The first-order valence-corrected chi connectivity index (χ1v) is 13.2. The van der Waals surface area contributed by atoms with E-state index in [2.05, 4.69) is 10.5 Å². The van der Waals surface area contributed by atoms with Gasteiger partial charge < -0.3 is 4.74 Å². The first-order valence-electron chi connectivity index (χ1n) is 11.7. The second-order valence-electron chi connectivity index (χ2n) is 8.44. The Kier molecular flexibility index (Phi) is 8.50. The molecule has 0 fully saturated rings. The van der Waals surface area contributed by atoms with E-state index in [0.29, 0.717) is 23.6 Å². The van der Waals surface area contributed by atoms with Crippen molar-refractivity contribution in [3.8, 4) is 5.75 Å². The average Bonchev–Trinajstić information content (AvgIpc) is 2.92. The van der Waals surface area contributed by atoms with Gasteiger partial charge in [-0.3, -0.25) is 9.10 Å². The predicted octanol–water partition coefficient (Wildman–Crippen LogP) is 5.06. The predicted molar refractivity (Wildman–Crippen MR) is 145 cm³/mol. The molecule has 0 bridgehead atoms. The summed E-state index contributed by atoms with van der Waals surface area (Å²) in [5, 5.41) is 3.98. The molecule has 0 spiro atoms. The topological polar surface area (TPSA) is 88.1 Å². The molecule has 7 nitrogen and oxygen atoms in total. The second-order valence-corrected chi connectivity index (χ2v) is 10.3. The molecular weight excluding hydrogens is 505 g/mol. The first-order chi connectivity index (χ1) is 18.3. The van der Waals surface area contributed by atoms with Crippen LogP contribution in [0.3, 0.4) is 0 Å². The van der Waals surface area contributed by atoms with Crippen molar-refractivity contribution in [3.63, 3.8) is 0 Å². The maximum Gasteiger partial charge on any atom is 0.264 e. The van der Waals surface area contributed by atoms with Gasteiger partial charge in [-0.05, 0) is 66.6 Å². The van der Waals surface area contributed by atoms with E-state index in [1.165, 1.54) is 6.21 Å². The third-order valence-electron chi connectivity index (χ3n) is 5.52. The number of hydrazone groups is 1. The van der Waals surface area contributed by atoms with Crippen LogP contribution in [0.1, 0.15) is 16.7 Å². The Bertz CT molecular complexity index is 1510. The highest BCUT2D eigenvalue weighted by molar-refractivity contribution is 7.92. The first kappa shape index (κ1) is 26.6. The van der Waals surface area contributed by atoms with E-state index in [1.807, 2.05) is 43.3 Å². The van der Waals surface area contributed by atoms with E-state index in [0.717, 1.165) is 39.7 Å². The van der Waals surface area contributed by atoms with Gasteiger partial charge in [0.15, 0.2) is 0 Å². The van der Waals surface area contributed by atoms with E-state index in [4.69, 9.17) is 4.74 Å². The van der Waals surface area contributed by atoms with E-state index >= 15 is 0 Å². The van der Waals surface area contributed by atoms with E-state index in [-0.39, 0.29) is 4.90 Å². The summed E-state index contributed by atoms with van der Waals surface area (Å²) in [6.07, 6.45) is 1.44. The SMILES string of the molecule is Cc1ccc(N(CC(=O)N/N=C\c2cccc(OCc3ccccc3)c2)S(=O)(=O)c2ccc(F)cc2)cc1. The Balaban J connectivity index is 1.44. The minimum absolute atomic E-state index is 0.136. The third-order valence-corrected chi connectivity index (χ3v) is 7.31. The molecule has 4 aromatic rings. The number of nitrogens with one attached hydrogen (secondary N) is 1. The van der Waals surface area contributed by atoms with Crippen LogP contribution in [-0.2, 0) is 21.4 Å².